The molecule has 0 aromatic heterocycles. The molecule has 170 valence electrons. The van der Waals surface area contributed by atoms with Gasteiger partial charge < -0.3 is 31.3 Å². The third kappa shape index (κ3) is 2.61. The van der Waals surface area contributed by atoms with E-state index in [1.807, 2.05) is 0 Å². The number of rotatable bonds is 2. The van der Waals surface area contributed by atoms with Crippen molar-refractivity contribution in [2.45, 2.75) is 24.2 Å². The maximum atomic E-state index is 13.3. The molecule has 0 heterocycles. The van der Waals surface area contributed by atoms with E-state index in [9.17, 15) is 39.9 Å². The van der Waals surface area contributed by atoms with Crippen LogP contribution in [0.3, 0.4) is 0 Å². The quantitative estimate of drug-likeness (QED) is 0.334. The Bertz CT molecular complexity index is 1160. The van der Waals surface area contributed by atoms with Gasteiger partial charge in [-0.25, -0.2) is 0 Å². The number of carbonyl (C=O) groups is 3. The van der Waals surface area contributed by atoms with Gasteiger partial charge in [0.05, 0.1) is 17.7 Å². The number of nitrogens with zero attached hydrogens (tertiary/aromatic N) is 1. The predicted molar refractivity (Wildman–Crippen MR) is 110 cm³/mol. The standard InChI is InChI=1S/C21H21ClN2O8/c1-24(2)14-7-5-6-10(16(27)12-9(25)4-3-8(22)11(12)15(6)26)18(29)21(7,32)19(30)13(17(14)28)20(23)31/h3-4,6-7,14-15,25-26,28-29,32H,5H2,1-2H3,(H2,23,31)/t6-,7-,14-,15+,21+/m1/s1. The molecule has 0 saturated carbocycles. The molecule has 4 rings (SSSR count). The fourth-order valence-corrected chi connectivity index (χ4v) is 5.52. The van der Waals surface area contributed by atoms with E-state index in [1.165, 1.54) is 25.1 Å². The highest BCUT2D eigenvalue weighted by Gasteiger charge is 2.64. The first-order valence-corrected chi connectivity index (χ1v) is 10.1. The molecule has 0 radical (unpaired) electrons. The first-order chi connectivity index (χ1) is 14.8. The van der Waals surface area contributed by atoms with Crippen LogP contribution in [0.2, 0.25) is 5.02 Å². The molecule has 3 aliphatic rings. The monoisotopic (exact) mass is 464 g/mol. The van der Waals surface area contributed by atoms with Gasteiger partial charge in [0.1, 0.15) is 22.8 Å². The third-order valence-electron chi connectivity index (χ3n) is 6.64. The molecule has 0 fully saturated rings. The second kappa shape index (κ2) is 7.04. The van der Waals surface area contributed by atoms with Crippen LogP contribution in [-0.4, -0.2) is 73.6 Å². The maximum Gasteiger partial charge on any atom is 0.255 e. The molecule has 1 aromatic carbocycles. The molecule has 10 nitrogen and oxygen atoms in total. The number of likely N-dealkylation sites (N-methyl/N-ethyl adjacent to an activating group) is 1. The van der Waals surface area contributed by atoms with Crippen LogP contribution in [0.4, 0.5) is 0 Å². The van der Waals surface area contributed by atoms with E-state index in [1.54, 1.807) is 0 Å². The van der Waals surface area contributed by atoms with Gasteiger partial charge in [0.2, 0.25) is 5.78 Å². The second-order valence-corrected chi connectivity index (χ2v) is 8.88. The molecule has 0 bridgehead atoms. The summed E-state index contributed by atoms with van der Waals surface area (Å²) in [4.78, 5) is 39.7. The maximum absolute atomic E-state index is 13.3. The number of amides is 1. The van der Waals surface area contributed by atoms with Gasteiger partial charge in [0.25, 0.3) is 5.91 Å². The van der Waals surface area contributed by atoms with Gasteiger partial charge in [0, 0.05) is 28.0 Å². The predicted octanol–water partition coefficient (Wildman–Crippen LogP) is 0.265. The Hall–Kier alpha value is -2.92. The minimum atomic E-state index is -2.77. The van der Waals surface area contributed by atoms with E-state index < -0.39 is 75.5 Å². The summed E-state index contributed by atoms with van der Waals surface area (Å²) in [6.45, 7) is 0. The normalized spacial score (nSPS) is 32.1. The topological polar surface area (TPSA) is 182 Å². The molecular weight excluding hydrogens is 444 g/mol. The molecular formula is C21H21ClN2O8. The Morgan fingerprint density at radius 3 is 2.41 bits per heavy atom. The minimum Gasteiger partial charge on any atom is -0.510 e. The number of Topliss-reactive ketones (excluding diaryl/α,β-unsaturated/α-hetero) is 2. The van der Waals surface area contributed by atoms with E-state index >= 15 is 0 Å². The summed E-state index contributed by atoms with van der Waals surface area (Å²) >= 11 is 6.17. The SMILES string of the molecule is CN(C)[C@H]1C(O)=C(C(N)=O)C(=O)[C@@]2(O)C(O)=C3C(=O)c4c(O)ccc(Cl)c4[C@@H](O)[C@@H]3C[C@H]12. The van der Waals surface area contributed by atoms with Gasteiger partial charge in [-0.2, -0.15) is 0 Å². The highest BCUT2D eigenvalue weighted by Crippen LogP contribution is 2.55. The van der Waals surface area contributed by atoms with Gasteiger partial charge >= 0.3 is 0 Å². The zero-order valence-corrected chi connectivity index (χ0v) is 17.8. The zero-order valence-electron chi connectivity index (χ0n) is 17.0. The van der Waals surface area contributed by atoms with Gasteiger partial charge in [-0.05, 0) is 32.6 Å². The molecule has 1 amide bonds. The number of aliphatic hydroxyl groups excluding tert-OH is 3. The fraction of sp³-hybridized carbons (Fsp3) is 0.381. The van der Waals surface area contributed by atoms with Crippen LogP contribution in [0.15, 0.2) is 34.8 Å². The minimum absolute atomic E-state index is 0.0145. The largest absolute Gasteiger partial charge is 0.510 e. The molecule has 3 aliphatic carbocycles. The lowest BCUT2D eigenvalue weighted by Gasteiger charge is -2.50. The summed E-state index contributed by atoms with van der Waals surface area (Å²) in [5.74, 6) is -8.18. The van der Waals surface area contributed by atoms with Gasteiger partial charge in [-0.3, -0.25) is 19.3 Å². The Balaban J connectivity index is 2.02. The van der Waals surface area contributed by atoms with Crippen molar-refractivity contribution in [2.24, 2.45) is 17.6 Å². The smallest absolute Gasteiger partial charge is 0.255 e. The van der Waals surface area contributed by atoms with Crippen molar-refractivity contribution in [3.8, 4) is 5.75 Å². The number of ketones is 2. The van der Waals surface area contributed by atoms with E-state index in [-0.39, 0.29) is 22.6 Å². The summed E-state index contributed by atoms with van der Waals surface area (Å²) in [6.07, 6.45) is -1.70. The van der Waals surface area contributed by atoms with Crippen molar-refractivity contribution in [2.75, 3.05) is 14.1 Å². The number of phenolic OH excluding ortho intramolecular Hbond substituents is 1. The van der Waals surface area contributed by atoms with E-state index in [0.717, 1.165) is 6.07 Å². The highest BCUT2D eigenvalue weighted by atomic mass is 35.5. The Labute approximate surface area is 186 Å². The Kier molecular flexibility index (Phi) is 4.90. The third-order valence-corrected chi connectivity index (χ3v) is 6.97. The highest BCUT2D eigenvalue weighted by molar-refractivity contribution is 6.33. The van der Waals surface area contributed by atoms with Gasteiger partial charge in [-0.15, -0.1) is 0 Å². The summed E-state index contributed by atoms with van der Waals surface area (Å²) in [5, 5.41) is 54.5. The van der Waals surface area contributed by atoms with Crippen molar-refractivity contribution in [1.82, 2.24) is 4.90 Å². The van der Waals surface area contributed by atoms with Crippen molar-refractivity contribution >= 4 is 29.1 Å². The summed E-state index contributed by atoms with van der Waals surface area (Å²) < 4.78 is 0. The Morgan fingerprint density at radius 2 is 1.84 bits per heavy atom. The number of primary amides is 1. The number of hydrogen-bond acceptors (Lipinski definition) is 9. The number of aromatic hydroxyl groups is 1. The van der Waals surface area contributed by atoms with E-state index in [4.69, 9.17) is 17.3 Å². The van der Waals surface area contributed by atoms with Crippen LogP contribution in [0.1, 0.15) is 28.4 Å². The molecule has 7 N–H and O–H groups in total. The number of fused-ring (bicyclic) bond motifs is 3. The molecule has 0 unspecified atom stereocenters. The Morgan fingerprint density at radius 1 is 1.22 bits per heavy atom. The first-order valence-electron chi connectivity index (χ1n) is 9.69. The molecule has 5 atom stereocenters. The number of phenols is 1. The lowest BCUT2D eigenvalue weighted by atomic mass is 9.58. The van der Waals surface area contributed by atoms with Crippen molar-refractivity contribution in [3.63, 3.8) is 0 Å². The molecule has 1 aromatic rings. The number of benzene rings is 1. The number of nitrogens with two attached hydrogens (primary N) is 1. The fourth-order valence-electron chi connectivity index (χ4n) is 5.25. The van der Waals surface area contributed by atoms with Crippen LogP contribution in [0.5, 0.6) is 5.75 Å². The van der Waals surface area contributed by atoms with Crippen molar-refractivity contribution in [1.29, 1.82) is 0 Å². The van der Waals surface area contributed by atoms with Crippen molar-refractivity contribution in [3.05, 3.63) is 50.9 Å². The summed E-state index contributed by atoms with van der Waals surface area (Å²) in [7, 11) is 3.03. The second-order valence-electron chi connectivity index (χ2n) is 8.47. The van der Waals surface area contributed by atoms with Crippen LogP contribution in [0.25, 0.3) is 0 Å². The number of aliphatic hydroxyl groups is 4. The van der Waals surface area contributed by atoms with Crippen LogP contribution >= 0.6 is 11.6 Å². The zero-order chi connectivity index (χ0) is 23.9. The summed E-state index contributed by atoms with van der Waals surface area (Å²) in [6, 6.07) is 1.30. The molecule has 0 spiro atoms. The molecule has 0 aliphatic heterocycles. The average Bonchev–Trinajstić information content (AvgIpc) is 2.69. The van der Waals surface area contributed by atoms with Gasteiger partial charge in [-0.1, -0.05) is 11.6 Å². The van der Waals surface area contributed by atoms with Crippen LogP contribution < -0.4 is 5.73 Å². The van der Waals surface area contributed by atoms with Gasteiger partial charge in [0.15, 0.2) is 11.4 Å². The first kappa shape index (κ1) is 22.3. The summed E-state index contributed by atoms with van der Waals surface area (Å²) in [5.41, 5.74) is 0.739. The lowest BCUT2D eigenvalue weighted by Crippen LogP contribution is -2.64. The average molecular weight is 465 g/mol. The lowest BCUT2D eigenvalue weighted by molar-refractivity contribution is -0.149. The number of hydrogen-bond donors (Lipinski definition) is 6. The number of carbonyl (C=O) groups excluding carboxylic acids is 3. The van der Waals surface area contributed by atoms with Crippen molar-refractivity contribution < 1.29 is 39.9 Å². The molecule has 32 heavy (non-hydrogen) atoms. The molecule has 0 saturated heterocycles. The van der Waals surface area contributed by atoms with Crippen LogP contribution in [0, 0.1) is 11.8 Å². The van der Waals surface area contributed by atoms with E-state index in [2.05, 4.69) is 0 Å². The number of halogens is 1. The van der Waals surface area contributed by atoms with Crippen LogP contribution in [-0.2, 0) is 9.59 Å². The molecule has 11 heteroatoms. The van der Waals surface area contributed by atoms with E-state index in [0.29, 0.717) is 0 Å².